The minimum Gasteiger partial charge on any atom is -0.314 e. The molecule has 0 aromatic rings. The number of rotatable bonds is 3. The summed E-state index contributed by atoms with van der Waals surface area (Å²) in [7, 11) is -2.74. The summed E-state index contributed by atoms with van der Waals surface area (Å²) in [6.07, 6.45) is 5.06. The van der Waals surface area contributed by atoms with E-state index in [-0.39, 0.29) is 0 Å². The highest BCUT2D eigenvalue weighted by Gasteiger charge is 2.26. The Kier molecular flexibility index (Phi) is 4.44. The Morgan fingerprint density at radius 2 is 2.00 bits per heavy atom. The van der Waals surface area contributed by atoms with Crippen molar-refractivity contribution in [3.8, 4) is 0 Å². The predicted octanol–water partition coefficient (Wildman–Crippen LogP) is 0.638. The smallest absolute Gasteiger partial charge is 0.152 e. The Bertz CT molecular complexity index is 322. The van der Waals surface area contributed by atoms with Crippen LogP contribution in [0.4, 0.5) is 0 Å². The summed E-state index contributed by atoms with van der Waals surface area (Å²) in [5.74, 6) is 0.685. The first-order chi connectivity index (χ1) is 8.07. The molecule has 2 heterocycles. The maximum absolute atomic E-state index is 11.4. The Morgan fingerprint density at radius 3 is 2.59 bits per heavy atom. The topological polar surface area (TPSA) is 49.4 Å². The molecule has 4 nitrogen and oxygen atoms in total. The molecule has 2 unspecified atom stereocenters. The van der Waals surface area contributed by atoms with Gasteiger partial charge in [0.1, 0.15) is 0 Å². The number of hydrogen-bond acceptors (Lipinski definition) is 4. The number of piperidine rings is 1. The Morgan fingerprint density at radius 1 is 1.29 bits per heavy atom. The molecule has 1 N–H and O–H groups in total. The number of nitrogens with zero attached hydrogens (tertiary/aromatic N) is 1. The molecule has 100 valence electrons. The van der Waals surface area contributed by atoms with Crippen molar-refractivity contribution in [3.05, 3.63) is 0 Å². The lowest BCUT2D eigenvalue weighted by Gasteiger charge is -2.35. The van der Waals surface area contributed by atoms with Crippen molar-refractivity contribution in [2.45, 2.75) is 44.7 Å². The molecule has 0 saturated carbocycles. The number of sulfone groups is 1. The predicted molar refractivity (Wildman–Crippen MR) is 69.9 cm³/mol. The third kappa shape index (κ3) is 3.93. The average Bonchev–Trinajstić information content (AvgIpc) is 2.30. The molecule has 0 amide bonds. The second-order valence-electron chi connectivity index (χ2n) is 5.42. The first-order valence-corrected chi connectivity index (χ1v) is 8.57. The van der Waals surface area contributed by atoms with Crippen LogP contribution in [0.15, 0.2) is 0 Å². The van der Waals surface area contributed by atoms with E-state index in [1.165, 1.54) is 19.3 Å². The van der Waals surface area contributed by atoms with Gasteiger partial charge in [0, 0.05) is 25.2 Å². The number of nitrogens with one attached hydrogen (secondary N) is 1. The third-order valence-electron chi connectivity index (χ3n) is 4.04. The van der Waals surface area contributed by atoms with Crippen LogP contribution in [0.2, 0.25) is 0 Å². The van der Waals surface area contributed by atoms with Gasteiger partial charge in [-0.3, -0.25) is 4.90 Å². The van der Waals surface area contributed by atoms with Crippen molar-refractivity contribution in [1.82, 2.24) is 10.2 Å². The average molecular weight is 260 g/mol. The normalized spacial score (nSPS) is 32.2. The van der Waals surface area contributed by atoms with Crippen molar-refractivity contribution in [3.63, 3.8) is 0 Å². The Labute approximate surface area is 105 Å². The van der Waals surface area contributed by atoms with Crippen LogP contribution in [0.25, 0.3) is 0 Å². The van der Waals surface area contributed by atoms with Gasteiger partial charge in [-0.1, -0.05) is 6.42 Å². The van der Waals surface area contributed by atoms with Gasteiger partial charge in [0.05, 0.1) is 11.5 Å². The van der Waals surface area contributed by atoms with E-state index in [9.17, 15) is 8.42 Å². The van der Waals surface area contributed by atoms with E-state index in [2.05, 4.69) is 17.1 Å². The van der Waals surface area contributed by atoms with Gasteiger partial charge < -0.3 is 5.32 Å². The molecule has 0 aromatic heterocycles. The van der Waals surface area contributed by atoms with Crippen LogP contribution >= 0.6 is 0 Å². The zero-order valence-electron chi connectivity index (χ0n) is 10.7. The molecular weight excluding hydrogens is 236 g/mol. The fourth-order valence-corrected chi connectivity index (χ4v) is 4.08. The summed E-state index contributed by atoms with van der Waals surface area (Å²) in [6.45, 7) is 4.81. The number of hydrogen-bond donors (Lipinski definition) is 1. The van der Waals surface area contributed by atoms with Crippen molar-refractivity contribution >= 4 is 9.84 Å². The molecule has 0 aromatic carbocycles. The molecule has 0 bridgehead atoms. The van der Waals surface area contributed by atoms with E-state index in [4.69, 9.17) is 0 Å². The second-order valence-corrected chi connectivity index (χ2v) is 7.72. The van der Waals surface area contributed by atoms with Crippen molar-refractivity contribution in [2.75, 3.05) is 31.1 Å². The molecule has 2 saturated heterocycles. The van der Waals surface area contributed by atoms with E-state index >= 15 is 0 Å². The van der Waals surface area contributed by atoms with Gasteiger partial charge in [0.15, 0.2) is 9.84 Å². The van der Waals surface area contributed by atoms with Crippen LogP contribution in [-0.2, 0) is 9.84 Å². The summed E-state index contributed by atoms with van der Waals surface area (Å²) >= 11 is 0. The minimum absolute atomic E-state index is 0.343. The van der Waals surface area contributed by atoms with Crippen LogP contribution in [0.5, 0.6) is 0 Å². The van der Waals surface area contributed by atoms with E-state index in [1.807, 2.05) is 0 Å². The van der Waals surface area contributed by atoms with Gasteiger partial charge >= 0.3 is 0 Å². The van der Waals surface area contributed by atoms with Crippen molar-refractivity contribution < 1.29 is 8.42 Å². The summed E-state index contributed by atoms with van der Waals surface area (Å²) in [5, 5.41) is 3.56. The van der Waals surface area contributed by atoms with Crippen LogP contribution in [0.3, 0.4) is 0 Å². The Hall–Kier alpha value is -0.130. The van der Waals surface area contributed by atoms with E-state index in [0.29, 0.717) is 23.6 Å². The molecular formula is C12H24N2O2S. The molecule has 2 rings (SSSR count). The molecule has 2 atom stereocenters. The molecule has 2 aliphatic heterocycles. The zero-order chi connectivity index (χ0) is 12.3. The van der Waals surface area contributed by atoms with Crippen LogP contribution in [0, 0.1) is 0 Å². The third-order valence-corrected chi connectivity index (χ3v) is 5.65. The second kappa shape index (κ2) is 5.67. The quantitative estimate of drug-likeness (QED) is 0.809. The largest absolute Gasteiger partial charge is 0.314 e. The monoisotopic (exact) mass is 260 g/mol. The highest BCUT2D eigenvalue weighted by atomic mass is 32.2. The summed E-state index contributed by atoms with van der Waals surface area (Å²) in [5.41, 5.74) is 0. The highest BCUT2D eigenvalue weighted by molar-refractivity contribution is 7.91. The van der Waals surface area contributed by atoms with Crippen LogP contribution < -0.4 is 5.32 Å². The maximum atomic E-state index is 11.4. The molecule has 5 heteroatoms. The maximum Gasteiger partial charge on any atom is 0.152 e. The van der Waals surface area contributed by atoms with Gasteiger partial charge in [-0.25, -0.2) is 8.42 Å². The molecule has 2 fully saturated rings. The lowest BCUT2D eigenvalue weighted by Crippen LogP contribution is -2.47. The standard InChI is InChI=1S/C12H24N2O2S/c1-11(10-12-4-2-3-5-13-12)14-6-8-17(15,16)9-7-14/h11-13H,2-10H2,1H3. The first-order valence-electron chi connectivity index (χ1n) is 6.75. The SMILES string of the molecule is CC(CC1CCCCN1)N1CCS(=O)(=O)CC1. The van der Waals surface area contributed by atoms with Gasteiger partial charge in [-0.15, -0.1) is 0 Å². The lowest BCUT2D eigenvalue weighted by atomic mass is 9.98. The van der Waals surface area contributed by atoms with E-state index in [1.54, 1.807) is 0 Å². The molecule has 0 aliphatic carbocycles. The van der Waals surface area contributed by atoms with Gasteiger partial charge in [-0.05, 0) is 32.7 Å². The van der Waals surface area contributed by atoms with Gasteiger partial charge in [0.2, 0.25) is 0 Å². The minimum atomic E-state index is -2.74. The summed E-state index contributed by atoms with van der Waals surface area (Å²) < 4.78 is 22.7. The van der Waals surface area contributed by atoms with Crippen LogP contribution in [-0.4, -0.2) is 56.5 Å². The van der Waals surface area contributed by atoms with E-state index < -0.39 is 9.84 Å². The van der Waals surface area contributed by atoms with Gasteiger partial charge in [0.25, 0.3) is 0 Å². The van der Waals surface area contributed by atoms with Gasteiger partial charge in [-0.2, -0.15) is 0 Å². The Balaban J connectivity index is 1.78. The fourth-order valence-electron chi connectivity index (χ4n) is 2.85. The highest BCUT2D eigenvalue weighted by Crippen LogP contribution is 2.16. The van der Waals surface area contributed by atoms with E-state index in [0.717, 1.165) is 26.1 Å². The molecule has 17 heavy (non-hydrogen) atoms. The first kappa shape index (κ1) is 13.3. The fraction of sp³-hybridized carbons (Fsp3) is 1.00. The van der Waals surface area contributed by atoms with Crippen LogP contribution in [0.1, 0.15) is 32.6 Å². The van der Waals surface area contributed by atoms with Crippen molar-refractivity contribution in [2.24, 2.45) is 0 Å². The molecule has 2 aliphatic rings. The lowest BCUT2D eigenvalue weighted by molar-refractivity contribution is 0.193. The zero-order valence-corrected chi connectivity index (χ0v) is 11.5. The molecule has 0 radical (unpaired) electrons. The van der Waals surface area contributed by atoms with Crippen molar-refractivity contribution in [1.29, 1.82) is 0 Å². The summed E-state index contributed by atoms with van der Waals surface area (Å²) in [4.78, 5) is 2.33. The molecule has 0 spiro atoms. The summed E-state index contributed by atoms with van der Waals surface area (Å²) in [6, 6.07) is 1.14.